The molecular formula is C18H20N4O3. The predicted molar refractivity (Wildman–Crippen MR) is 90.8 cm³/mol. The van der Waals surface area contributed by atoms with E-state index in [0.717, 1.165) is 28.4 Å². The Morgan fingerprint density at radius 1 is 1.24 bits per heavy atom. The van der Waals surface area contributed by atoms with Gasteiger partial charge in [0, 0.05) is 31.6 Å². The second kappa shape index (κ2) is 7.29. The van der Waals surface area contributed by atoms with E-state index in [9.17, 15) is 9.59 Å². The van der Waals surface area contributed by atoms with E-state index < -0.39 is 0 Å². The van der Waals surface area contributed by atoms with Gasteiger partial charge in [-0.3, -0.25) is 9.59 Å². The number of ether oxygens (including phenoxy) is 1. The van der Waals surface area contributed by atoms with Crippen molar-refractivity contribution in [2.45, 2.75) is 26.4 Å². The third-order valence-corrected chi connectivity index (χ3v) is 4.07. The molecule has 0 bridgehead atoms. The highest BCUT2D eigenvalue weighted by atomic mass is 16.5. The van der Waals surface area contributed by atoms with Gasteiger partial charge in [0.15, 0.2) is 0 Å². The first kappa shape index (κ1) is 16.9. The second-order valence-electron chi connectivity index (χ2n) is 5.94. The number of amides is 2. The summed E-state index contributed by atoms with van der Waals surface area (Å²) in [4.78, 5) is 33.7. The molecule has 0 aliphatic carbocycles. The highest BCUT2D eigenvalue weighted by molar-refractivity contribution is 5.84. The minimum Gasteiger partial charge on any atom is -0.497 e. The van der Waals surface area contributed by atoms with Crippen LogP contribution in [-0.2, 0) is 29.1 Å². The number of nitrogens with one attached hydrogen (secondary N) is 1. The molecule has 7 nitrogen and oxygen atoms in total. The lowest BCUT2D eigenvalue weighted by Gasteiger charge is -2.14. The van der Waals surface area contributed by atoms with E-state index >= 15 is 0 Å². The van der Waals surface area contributed by atoms with Crippen LogP contribution in [0.3, 0.4) is 0 Å². The number of hydrogen-bond donors (Lipinski definition) is 1. The summed E-state index contributed by atoms with van der Waals surface area (Å²) in [6.07, 6.45) is 2.41. The van der Waals surface area contributed by atoms with Gasteiger partial charge in [0.05, 0.1) is 25.9 Å². The molecule has 130 valence electrons. The maximum absolute atomic E-state index is 12.1. The van der Waals surface area contributed by atoms with Crippen LogP contribution in [0.1, 0.15) is 29.6 Å². The second-order valence-corrected chi connectivity index (χ2v) is 5.94. The fraction of sp³-hybridized carbons (Fsp3) is 0.333. The molecule has 1 aromatic carbocycles. The SMILES string of the molecule is COc1ccc(Cc2ncc3c(n2)CN(C(=O)CNC(C)=O)C3)cc1. The van der Waals surface area contributed by atoms with Crippen molar-refractivity contribution in [2.75, 3.05) is 13.7 Å². The van der Waals surface area contributed by atoms with Crippen LogP contribution >= 0.6 is 0 Å². The van der Waals surface area contributed by atoms with Gasteiger partial charge >= 0.3 is 0 Å². The molecule has 0 unspecified atom stereocenters. The summed E-state index contributed by atoms with van der Waals surface area (Å²) in [6.45, 7) is 2.33. The zero-order valence-electron chi connectivity index (χ0n) is 14.3. The molecule has 0 fully saturated rings. The van der Waals surface area contributed by atoms with E-state index in [4.69, 9.17) is 4.74 Å². The molecule has 1 aromatic heterocycles. The highest BCUT2D eigenvalue weighted by Crippen LogP contribution is 2.21. The van der Waals surface area contributed by atoms with Crippen molar-refractivity contribution in [2.24, 2.45) is 0 Å². The van der Waals surface area contributed by atoms with Gasteiger partial charge in [0.2, 0.25) is 11.8 Å². The lowest BCUT2D eigenvalue weighted by molar-refractivity contribution is -0.133. The van der Waals surface area contributed by atoms with Crippen LogP contribution in [0.15, 0.2) is 30.5 Å². The van der Waals surface area contributed by atoms with E-state index in [0.29, 0.717) is 19.5 Å². The summed E-state index contributed by atoms with van der Waals surface area (Å²) in [7, 11) is 1.64. The number of carbonyl (C=O) groups is 2. The van der Waals surface area contributed by atoms with Gasteiger partial charge < -0.3 is 15.0 Å². The van der Waals surface area contributed by atoms with Gasteiger partial charge in [0.1, 0.15) is 11.6 Å². The minimum atomic E-state index is -0.216. The average molecular weight is 340 g/mol. The Balaban J connectivity index is 1.65. The van der Waals surface area contributed by atoms with Crippen molar-refractivity contribution in [3.05, 3.63) is 53.1 Å². The van der Waals surface area contributed by atoms with Crippen molar-refractivity contribution in [3.63, 3.8) is 0 Å². The van der Waals surface area contributed by atoms with Crippen molar-refractivity contribution in [1.29, 1.82) is 0 Å². The van der Waals surface area contributed by atoms with E-state index in [1.165, 1.54) is 6.92 Å². The largest absolute Gasteiger partial charge is 0.497 e. The number of fused-ring (bicyclic) bond motifs is 1. The number of rotatable bonds is 5. The van der Waals surface area contributed by atoms with Crippen LogP contribution in [0.25, 0.3) is 0 Å². The number of aromatic nitrogens is 2. The van der Waals surface area contributed by atoms with Gasteiger partial charge in [-0.15, -0.1) is 0 Å². The van der Waals surface area contributed by atoms with Gasteiger partial charge in [-0.2, -0.15) is 0 Å². The lowest BCUT2D eigenvalue weighted by atomic mass is 10.1. The molecule has 0 radical (unpaired) electrons. The predicted octanol–water partition coefficient (Wildman–Crippen LogP) is 1.05. The minimum absolute atomic E-state index is 0.00938. The van der Waals surface area contributed by atoms with Gasteiger partial charge in [0.25, 0.3) is 0 Å². The van der Waals surface area contributed by atoms with E-state index in [1.54, 1.807) is 18.2 Å². The van der Waals surface area contributed by atoms with Gasteiger partial charge in [-0.1, -0.05) is 12.1 Å². The monoisotopic (exact) mass is 340 g/mol. The number of carbonyl (C=O) groups excluding carboxylic acids is 2. The molecule has 2 aromatic rings. The Kier molecular flexibility index (Phi) is 4.92. The molecule has 25 heavy (non-hydrogen) atoms. The Morgan fingerprint density at radius 2 is 2.00 bits per heavy atom. The maximum Gasteiger partial charge on any atom is 0.242 e. The Labute approximate surface area is 146 Å². The van der Waals surface area contributed by atoms with E-state index in [2.05, 4.69) is 15.3 Å². The van der Waals surface area contributed by atoms with Crippen molar-refractivity contribution in [1.82, 2.24) is 20.2 Å². The highest BCUT2D eigenvalue weighted by Gasteiger charge is 2.25. The van der Waals surface area contributed by atoms with Crippen LogP contribution in [0.5, 0.6) is 5.75 Å². The van der Waals surface area contributed by atoms with Crippen LogP contribution in [0, 0.1) is 0 Å². The third kappa shape index (κ3) is 4.12. The van der Waals surface area contributed by atoms with Crippen LogP contribution < -0.4 is 10.1 Å². The maximum atomic E-state index is 12.1. The molecule has 0 spiro atoms. The van der Waals surface area contributed by atoms with Crippen molar-refractivity contribution in [3.8, 4) is 5.75 Å². The van der Waals surface area contributed by atoms with Gasteiger partial charge in [-0.25, -0.2) is 9.97 Å². The Morgan fingerprint density at radius 3 is 2.68 bits per heavy atom. The normalized spacial score (nSPS) is 12.6. The summed E-state index contributed by atoms with van der Waals surface area (Å²) < 4.78 is 5.15. The van der Waals surface area contributed by atoms with Crippen molar-refractivity contribution < 1.29 is 14.3 Å². The lowest BCUT2D eigenvalue weighted by Crippen LogP contribution is -2.36. The molecule has 3 rings (SSSR count). The summed E-state index contributed by atoms with van der Waals surface area (Å²) in [5, 5.41) is 2.53. The molecule has 2 amide bonds. The smallest absolute Gasteiger partial charge is 0.242 e. The summed E-state index contributed by atoms with van der Waals surface area (Å²) in [6, 6.07) is 7.79. The van der Waals surface area contributed by atoms with E-state index in [-0.39, 0.29) is 18.4 Å². The first-order valence-electron chi connectivity index (χ1n) is 8.04. The molecule has 0 saturated heterocycles. The topological polar surface area (TPSA) is 84.4 Å². The van der Waals surface area contributed by atoms with Crippen molar-refractivity contribution >= 4 is 11.8 Å². The zero-order valence-corrected chi connectivity index (χ0v) is 14.3. The third-order valence-electron chi connectivity index (χ3n) is 4.07. The van der Waals surface area contributed by atoms with Crippen LogP contribution in [-0.4, -0.2) is 40.3 Å². The molecule has 0 saturated carbocycles. The first-order valence-corrected chi connectivity index (χ1v) is 8.04. The van der Waals surface area contributed by atoms with Crippen LogP contribution in [0.2, 0.25) is 0 Å². The zero-order chi connectivity index (χ0) is 17.8. The van der Waals surface area contributed by atoms with E-state index in [1.807, 2.05) is 24.3 Å². The average Bonchev–Trinajstić information content (AvgIpc) is 3.03. The first-order chi connectivity index (χ1) is 12.0. The number of nitrogens with zero attached hydrogens (tertiary/aromatic N) is 3. The molecule has 1 aliphatic heterocycles. The molecule has 1 N–H and O–H groups in total. The molecular weight excluding hydrogens is 320 g/mol. The fourth-order valence-corrected chi connectivity index (χ4v) is 2.69. The van der Waals surface area contributed by atoms with Crippen LogP contribution in [0.4, 0.5) is 0 Å². The Bertz CT molecular complexity index is 789. The fourth-order valence-electron chi connectivity index (χ4n) is 2.69. The molecule has 1 aliphatic rings. The summed E-state index contributed by atoms with van der Waals surface area (Å²) in [5.41, 5.74) is 2.92. The Hall–Kier alpha value is -2.96. The molecule has 2 heterocycles. The number of benzene rings is 1. The summed E-state index contributed by atoms with van der Waals surface area (Å²) in [5.74, 6) is 1.20. The molecule has 7 heteroatoms. The van der Waals surface area contributed by atoms with Gasteiger partial charge in [-0.05, 0) is 17.7 Å². The molecule has 0 atom stereocenters. The number of methoxy groups -OCH3 is 1. The number of hydrogen-bond acceptors (Lipinski definition) is 5. The summed E-state index contributed by atoms with van der Waals surface area (Å²) >= 11 is 0. The quantitative estimate of drug-likeness (QED) is 0.880. The standard InChI is InChI=1S/C18H20N4O3/c1-12(23)19-9-18(24)22-10-14-8-20-17(21-16(14)11-22)7-13-3-5-15(25-2)6-4-13/h3-6,8H,7,9-11H2,1-2H3,(H,19,23).